The average molecular weight is 362 g/mol. The molecule has 0 bridgehead atoms. The molecule has 0 spiro atoms. The molecule has 0 aliphatic heterocycles. The summed E-state index contributed by atoms with van der Waals surface area (Å²) in [7, 11) is 0. The van der Waals surface area contributed by atoms with E-state index in [4.69, 9.17) is 0 Å². The largest absolute Gasteiger partial charge is 0.508 e. The summed E-state index contributed by atoms with van der Waals surface area (Å²) in [6.45, 7) is 7.79. The van der Waals surface area contributed by atoms with Crippen LogP contribution in [-0.4, -0.2) is 15.3 Å². The smallest absolute Gasteiger partial charge is 0.122 e. The van der Waals surface area contributed by atoms with E-state index in [9.17, 15) is 15.3 Å². The minimum atomic E-state index is 0.210. The van der Waals surface area contributed by atoms with E-state index in [0.717, 1.165) is 44.5 Å². The summed E-state index contributed by atoms with van der Waals surface area (Å²) in [5, 5.41) is 31.0. The quantitative estimate of drug-likeness (QED) is 0.596. The number of hydrogen-bond acceptors (Lipinski definition) is 3. The minimum Gasteiger partial charge on any atom is -0.508 e. The van der Waals surface area contributed by atoms with Gasteiger partial charge in [0.15, 0.2) is 0 Å². The number of aryl methyl sites for hydroxylation is 4. The molecule has 0 saturated carbocycles. The lowest BCUT2D eigenvalue weighted by Gasteiger charge is -2.13. The van der Waals surface area contributed by atoms with Crippen LogP contribution < -0.4 is 0 Å². The zero-order valence-corrected chi connectivity index (χ0v) is 16.3. The van der Waals surface area contributed by atoms with Crippen LogP contribution in [0.3, 0.4) is 0 Å². The number of benzene rings is 3. The first-order chi connectivity index (χ1) is 12.7. The maximum absolute atomic E-state index is 10.4. The third-order valence-electron chi connectivity index (χ3n) is 4.97. The van der Waals surface area contributed by atoms with Crippen LogP contribution in [-0.2, 0) is 12.8 Å². The van der Waals surface area contributed by atoms with Gasteiger partial charge in [0, 0.05) is 12.8 Å². The minimum absolute atomic E-state index is 0.210. The second-order valence-electron chi connectivity index (χ2n) is 7.50. The maximum atomic E-state index is 10.4. The summed E-state index contributed by atoms with van der Waals surface area (Å²) in [5.74, 6) is 0.807. The Balaban J connectivity index is 1.94. The van der Waals surface area contributed by atoms with Gasteiger partial charge in [-0.05, 0) is 67.1 Å². The van der Waals surface area contributed by atoms with E-state index in [-0.39, 0.29) is 11.5 Å². The van der Waals surface area contributed by atoms with Gasteiger partial charge in [0.1, 0.15) is 17.2 Å². The molecule has 3 heteroatoms. The Morgan fingerprint density at radius 2 is 1.11 bits per heavy atom. The normalized spacial score (nSPS) is 11.0. The molecule has 3 nitrogen and oxygen atoms in total. The van der Waals surface area contributed by atoms with Gasteiger partial charge in [0.25, 0.3) is 0 Å². The van der Waals surface area contributed by atoms with Crippen LogP contribution >= 0.6 is 0 Å². The first-order valence-electron chi connectivity index (χ1n) is 9.13. The fraction of sp³-hybridized carbons (Fsp3) is 0.250. The highest BCUT2D eigenvalue weighted by Gasteiger charge is 2.12. The summed E-state index contributed by atoms with van der Waals surface area (Å²) < 4.78 is 0. The molecule has 0 heterocycles. The standard InChI is InChI=1S/C24H26O3/c1-14-7-16(3)23(26)20(9-14)12-18-5-6-22(25)19(11-18)13-21-10-15(2)8-17(4)24(21)27/h5-11,25-27H,12-13H2,1-4H3. The molecule has 0 fully saturated rings. The molecule has 3 aromatic carbocycles. The van der Waals surface area contributed by atoms with Gasteiger partial charge in [-0.2, -0.15) is 0 Å². The predicted octanol–water partition coefficient (Wildman–Crippen LogP) is 5.22. The van der Waals surface area contributed by atoms with E-state index in [1.807, 2.05) is 64.1 Å². The van der Waals surface area contributed by atoms with Crippen molar-refractivity contribution in [3.05, 3.63) is 87.0 Å². The topological polar surface area (TPSA) is 60.7 Å². The summed E-state index contributed by atoms with van der Waals surface area (Å²) >= 11 is 0. The van der Waals surface area contributed by atoms with Crippen LogP contribution in [0.5, 0.6) is 17.2 Å². The number of hydrogen-bond donors (Lipinski definition) is 3. The predicted molar refractivity (Wildman–Crippen MR) is 109 cm³/mol. The lowest BCUT2D eigenvalue weighted by atomic mass is 9.95. The van der Waals surface area contributed by atoms with E-state index < -0.39 is 0 Å². The van der Waals surface area contributed by atoms with Crippen LogP contribution in [0, 0.1) is 27.7 Å². The summed E-state index contributed by atoms with van der Waals surface area (Å²) in [6, 6.07) is 13.3. The van der Waals surface area contributed by atoms with Gasteiger partial charge in [0.05, 0.1) is 0 Å². The Kier molecular flexibility index (Phi) is 5.13. The molecular weight excluding hydrogens is 336 g/mol. The van der Waals surface area contributed by atoms with Gasteiger partial charge in [-0.25, -0.2) is 0 Å². The van der Waals surface area contributed by atoms with Crippen molar-refractivity contribution in [1.29, 1.82) is 0 Å². The van der Waals surface area contributed by atoms with Crippen molar-refractivity contribution < 1.29 is 15.3 Å². The van der Waals surface area contributed by atoms with Gasteiger partial charge >= 0.3 is 0 Å². The summed E-state index contributed by atoms with van der Waals surface area (Å²) in [6.07, 6.45) is 1.04. The molecule has 0 radical (unpaired) electrons. The summed E-state index contributed by atoms with van der Waals surface area (Å²) in [5.41, 5.74) is 7.33. The highest BCUT2D eigenvalue weighted by molar-refractivity contribution is 5.49. The monoisotopic (exact) mass is 362 g/mol. The Morgan fingerprint density at radius 3 is 1.67 bits per heavy atom. The lowest BCUT2D eigenvalue weighted by molar-refractivity contribution is 0.460. The SMILES string of the molecule is Cc1cc(C)c(O)c(Cc2ccc(O)c(Cc3cc(C)cc(C)c3O)c2)c1. The molecule has 0 amide bonds. The second-order valence-corrected chi connectivity index (χ2v) is 7.50. The van der Waals surface area contributed by atoms with E-state index in [1.165, 1.54) is 0 Å². The van der Waals surface area contributed by atoms with Gasteiger partial charge < -0.3 is 15.3 Å². The first kappa shape index (κ1) is 18.8. The lowest BCUT2D eigenvalue weighted by Crippen LogP contribution is -1.96. The molecule has 0 saturated heterocycles. The van der Waals surface area contributed by atoms with Gasteiger partial charge in [-0.1, -0.05) is 47.5 Å². The van der Waals surface area contributed by atoms with E-state index in [1.54, 1.807) is 6.07 Å². The molecule has 0 aliphatic carbocycles. The van der Waals surface area contributed by atoms with Crippen LogP contribution in [0.2, 0.25) is 0 Å². The molecule has 0 atom stereocenters. The molecule has 3 rings (SSSR count). The molecule has 0 unspecified atom stereocenters. The highest BCUT2D eigenvalue weighted by Crippen LogP contribution is 2.31. The van der Waals surface area contributed by atoms with E-state index in [2.05, 4.69) is 0 Å². The van der Waals surface area contributed by atoms with Crippen molar-refractivity contribution in [2.45, 2.75) is 40.5 Å². The molecule has 0 aliphatic rings. The van der Waals surface area contributed by atoms with Gasteiger partial charge in [0.2, 0.25) is 0 Å². The summed E-state index contributed by atoms with van der Waals surface area (Å²) in [4.78, 5) is 0. The third-order valence-corrected chi connectivity index (χ3v) is 4.97. The molecular formula is C24H26O3. The van der Waals surface area contributed by atoms with Gasteiger partial charge in [-0.15, -0.1) is 0 Å². The van der Waals surface area contributed by atoms with Crippen LogP contribution in [0.1, 0.15) is 44.5 Å². The molecule has 3 aromatic rings. The van der Waals surface area contributed by atoms with Crippen molar-refractivity contribution in [2.24, 2.45) is 0 Å². The van der Waals surface area contributed by atoms with Crippen molar-refractivity contribution in [3.63, 3.8) is 0 Å². The number of phenolic OH excluding ortho intramolecular Hbond substituents is 3. The fourth-order valence-electron chi connectivity index (χ4n) is 3.68. The van der Waals surface area contributed by atoms with Crippen molar-refractivity contribution in [2.75, 3.05) is 0 Å². The Hall–Kier alpha value is -2.94. The Bertz CT molecular complexity index is 1000. The van der Waals surface area contributed by atoms with Crippen LogP contribution in [0.4, 0.5) is 0 Å². The fourth-order valence-corrected chi connectivity index (χ4v) is 3.68. The second kappa shape index (κ2) is 7.36. The number of aromatic hydroxyl groups is 3. The zero-order chi connectivity index (χ0) is 19.7. The van der Waals surface area contributed by atoms with Crippen molar-refractivity contribution in [3.8, 4) is 17.2 Å². The maximum Gasteiger partial charge on any atom is 0.122 e. The van der Waals surface area contributed by atoms with E-state index in [0.29, 0.717) is 18.6 Å². The zero-order valence-electron chi connectivity index (χ0n) is 16.3. The van der Waals surface area contributed by atoms with Crippen LogP contribution in [0.15, 0.2) is 42.5 Å². The average Bonchev–Trinajstić information content (AvgIpc) is 2.59. The molecule has 27 heavy (non-hydrogen) atoms. The van der Waals surface area contributed by atoms with E-state index >= 15 is 0 Å². The van der Waals surface area contributed by atoms with Crippen molar-refractivity contribution >= 4 is 0 Å². The molecule has 0 aromatic heterocycles. The Morgan fingerprint density at radius 1 is 0.593 bits per heavy atom. The molecule has 140 valence electrons. The first-order valence-corrected chi connectivity index (χ1v) is 9.13. The van der Waals surface area contributed by atoms with Gasteiger partial charge in [-0.3, -0.25) is 0 Å². The highest BCUT2D eigenvalue weighted by atomic mass is 16.3. The van der Waals surface area contributed by atoms with Crippen LogP contribution in [0.25, 0.3) is 0 Å². The molecule has 3 N–H and O–H groups in total. The third kappa shape index (κ3) is 4.08. The number of phenols is 3. The number of rotatable bonds is 4. The Labute approximate surface area is 160 Å². The van der Waals surface area contributed by atoms with Crippen molar-refractivity contribution in [1.82, 2.24) is 0 Å².